The van der Waals surface area contributed by atoms with Gasteiger partial charge in [0.2, 0.25) is 5.88 Å². The average Bonchev–Trinajstić information content (AvgIpc) is 3.49. The molecule has 4 heterocycles. The highest BCUT2D eigenvalue weighted by Crippen LogP contribution is 2.26. The molecule has 0 bridgehead atoms. The molecule has 15 heteroatoms. The summed E-state index contributed by atoms with van der Waals surface area (Å²) in [5.74, 6) is -2.76. The molecule has 1 fully saturated rings. The minimum atomic E-state index is -0.899. The molecule has 1 saturated heterocycles. The molecule has 1 aliphatic rings. The molecular weight excluding hydrogens is 552 g/mol. The summed E-state index contributed by atoms with van der Waals surface area (Å²) >= 11 is 0. The van der Waals surface area contributed by atoms with Crippen molar-refractivity contribution in [3.63, 3.8) is 0 Å². The van der Waals surface area contributed by atoms with Gasteiger partial charge in [-0.2, -0.15) is 5.10 Å². The van der Waals surface area contributed by atoms with E-state index in [-0.39, 0.29) is 53.5 Å². The minimum Gasteiger partial charge on any atom is -0.434 e. The number of hydrogen-bond donors (Lipinski definition) is 3. The second kappa shape index (κ2) is 11.2. The molecule has 3 aromatic heterocycles. The zero-order valence-corrected chi connectivity index (χ0v) is 22.5. The van der Waals surface area contributed by atoms with Crippen molar-refractivity contribution in [3.8, 4) is 23.0 Å². The Bertz CT molecular complexity index is 1710. The SMILES string of the molecule is C=C(C(=O)Nc1cnc(Oc2ccc(F)cc2F)cn1)N1CCN(C(=O)c2c[nH]c(=O)c(-c3ccn[nH]3)n2)C(C)(C)C1. The van der Waals surface area contributed by atoms with Gasteiger partial charge in [-0.05, 0) is 32.0 Å². The van der Waals surface area contributed by atoms with Gasteiger partial charge >= 0.3 is 0 Å². The van der Waals surface area contributed by atoms with Crippen LogP contribution in [0.5, 0.6) is 11.6 Å². The van der Waals surface area contributed by atoms with E-state index < -0.39 is 28.6 Å². The summed E-state index contributed by atoms with van der Waals surface area (Å²) in [5.41, 5.74) is -0.564. The predicted octanol–water partition coefficient (Wildman–Crippen LogP) is 2.71. The van der Waals surface area contributed by atoms with E-state index in [4.69, 9.17) is 4.74 Å². The first-order valence-electron chi connectivity index (χ1n) is 12.6. The Kier molecular flexibility index (Phi) is 7.48. The van der Waals surface area contributed by atoms with Crippen molar-refractivity contribution in [2.24, 2.45) is 0 Å². The monoisotopic (exact) mass is 577 g/mol. The first-order valence-corrected chi connectivity index (χ1v) is 12.6. The normalized spacial score (nSPS) is 14.4. The number of anilines is 1. The van der Waals surface area contributed by atoms with Crippen molar-refractivity contribution in [1.82, 2.24) is 39.9 Å². The fourth-order valence-corrected chi connectivity index (χ4v) is 4.42. The summed E-state index contributed by atoms with van der Waals surface area (Å²) in [7, 11) is 0. The van der Waals surface area contributed by atoms with Crippen LogP contribution in [0.3, 0.4) is 0 Å². The van der Waals surface area contributed by atoms with Crippen LogP contribution >= 0.6 is 0 Å². The topological polar surface area (TPSA) is 162 Å². The fourth-order valence-electron chi connectivity index (χ4n) is 4.42. The lowest BCUT2D eigenvalue weighted by molar-refractivity contribution is -0.114. The van der Waals surface area contributed by atoms with Crippen LogP contribution in [0.1, 0.15) is 24.3 Å². The number of nitrogens with one attached hydrogen (secondary N) is 3. The van der Waals surface area contributed by atoms with E-state index in [0.717, 1.165) is 12.1 Å². The number of halogens is 2. The van der Waals surface area contributed by atoms with E-state index in [0.29, 0.717) is 18.3 Å². The summed E-state index contributed by atoms with van der Waals surface area (Å²) in [5, 5.41) is 9.08. The highest BCUT2D eigenvalue weighted by Gasteiger charge is 2.39. The lowest BCUT2D eigenvalue weighted by Gasteiger charge is -2.47. The Morgan fingerprint density at radius 2 is 1.95 bits per heavy atom. The molecule has 0 radical (unpaired) electrons. The van der Waals surface area contributed by atoms with Crippen LogP contribution in [0.4, 0.5) is 14.6 Å². The molecule has 1 aliphatic heterocycles. The Morgan fingerprint density at radius 1 is 1.14 bits per heavy atom. The maximum absolute atomic E-state index is 13.8. The van der Waals surface area contributed by atoms with Crippen molar-refractivity contribution >= 4 is 17.6 Å². The molecule has 5 rings (SSSR count). The second-order valence-electron chi connectivity index (χ2n) is 9.94. The second-order valence-corrected chi connectivity index (χ2v) is 9.94. The maximum atomic E-state index is 13.8. The number of H-pyrrole nitrogens is 2. The quantitative estimate of drug-likeness (QED) is 0.280. The summed E-state index contributed by atoms with van der Waals surface area (Å²) in [6.45, 7) is 8.44. The number of piperazine rings is 1. The molecule has 3 N–H and O–H groups in total. The lowest BCUT2D eigenvalue weighted by atomic mass is 9.97. The number of carbonyl (C=O) groups excluding carboxylic acids is 2. The zero-order chi connectivity index (χ0) is 30.0. The van der Waals surface area contributed by atoms with E-state index in [1.165, 1.54) is 24.8 Å². The first kappa shape index (κ1) is 28.1. The molecule has 0 aliphatic carbocycles. The van der Waals surface area contributed by atoms with Gasteiger partial charge in [-0.1, -0.05) is 6.58 Å². The summed E-state index contributed by atoms with van der Waals surface area (Å²) < 4.78 is 32.2. The smallest absolute Gasteiger partial charge is 0.276 e. The van der Waals surface area contributed by atoms with Crippen LogP contribution in [-0.2, 0) is 4.79 Å². The van der Waals surface area contributed by atoms with Crippen LogP contribution in [0.2, 0.25) is 0 Å². The van der Waals surface area contributed by atoms with Crippen molar-refractivity contribution in [2.75, 3.05) is 25.0 Å². The van der Waals surface area contributed by atoms with Crippen molar-refractivity contribution in [2.45, 2.75) is 19.4 Å². The van der Waals surface area contributed by atoms with Crippen LogP contribution < -0.4 is 15.6 Å². The van der Waals surface area contributed by atoms with E-state index in [1.54, 1.807) is 15.9 Å². The van der Waals surface area contributed by atoms with Crippen molar-refractivity contribution in [1.29, 1.82) is 0 Å². The maximum Gasteiger partial charge on any atom is 0.276 e. The fraction of sp³-hybridized carbons (Fsp3) is 0.222. The molecule has 2 amide bonds. The molecule has 42 heavy (non-hydrogen) atoms. The minimum absolute atomic E-state index is 0.0464. The number of carbonyl (C=O) groups is 2. The van der Waals surface area contributed by atoms with Gasteiger partial charge in [0.1, 0.15) is 11.5 Å². The van der Waals surface area contributed by atoms with Crippen LogP contribution in [0.25, 0.3) is 11.4 Å². The number of aromatic nitrogens is 6. The number of nitrogens with zero attached hydrogens (tertiary/aromatic N) is 6. The average molecular weight is 578 g/mol. The number of benzene rings is 1. The third kappa shape index (κ3) is 5.84. The van der Waals surface area contributed by atoms with Crippen LogP contribution in [0, 0.1) is 11.6 Å². The van der Waals surface area contributed by atoms with Crippen LogP contribution in [-0.4, -0.2) is 76.9 Å². The van der Waals surface area contributed by atoms with Gasteiger partial charge in [0.15, 0.2) is 23.1 Å². The van der Waals surface area contributed by atoms with Gasteiger partial charge in [-0.3, -0.25) is 19.5 Å². The van der Waals surface area contributed by atoms with E-state index >= 15 is 0 Å². The van der Waals surface area contributed by atoms with Crippen LogP contribution in [0.15, 0.2) is 66.1 Å². The molecule has 13 nitrogen and oxygen atoms in total. The number of amides is 2. The molecule has 0 saturated carbocycles. The molecule has 0 spiro atoms. The Morgan fingerprint density at radius 3 is 2.62 bits per heavy atom. The Hall–Kier alpha value is -5.47. The molecule has 0 unspecified atom stereocenters. The number of hydrogen-bond acceptors (Lipinski definition) is 9. The molecule has 4 aromatic rings. The van der Waals surface area contributed by atoms with E-state index in [1.807, 2.05) is 13.8 Å². The van der Waals surface area contributed by atoms with Gasteiger partial charge in [0.05, 0.1) is 29.3 Å². The summed E-state index contributed by atoms with van der Waals surface area (Å²) in [6, 6.07) is 4.42. The lowest BCUT2D eigenvalue weighted by Crippen LogP contribution is -2.61. The molecule has 216 valence electrons. The standard InChI is InChI=1S/C27H25F2N9O4/c1-15(24(39)35-21-12-31-22(13-30-21)42-20-5-4-16(28)10-17(20)29)37-8-9-38(27(2,3)14-37)26(41)19-11-32-25(40)23(34-19)18-6-7-33-36-18/h4-7,10-13H,1,8-9,14H2,2-3H3,(H,32,40)(H,33,36)(H,30,35,39). The molecule has 0 atom stereocenters. The Labute approximate surface area is 237 Å². The first-order chi connectivity index (χ1) is 20.0. The summed E-state index contributed by atoms with van der Waals surface area (Å²) in [4.78, 5) is 56.8. The predicted molar refractivity (Wildman–Crippen MR) is 145 cm³/mol. The highest BCUT2D eigenvalue weighted by molar-refractivity contribution is 6.02. The number of rotatable bonds is 7. The van der Waals surface area contributed by atoms with Gasteiger partial charge in [0, 0.05) is 38.1 Å². The highest BCUT2D eigenvalue weighted by atomic mass is 19.1. The molecule has 1 aromatic carbocycles. The van der Waals surface area contributed by atoms with Gasteiger partial charge in [-0.25, -0.2) is 23.7 Å². The number of ether oxygens (including phenoxy) is 1. The van der Waals surface area contributed by atoms with E-state index in [2.05, 4.69) is 42.0 Å². The number of aromatic amines is 2. The van der Waals surface area contributed by atoms with Crippen molar-refractivity contribution < 1.29 is 23.1 Å². The van der Waals surface area contributed by atoms with Crippen molar-refractivity contribution in [3.05, 3.63) is 89.0 Å². The zero-order valence-electron chi connectivity index (χ0n) is 22.5. The third-order valence-electron chi connectivity index (χ3n) is 6.53. The Balaban J connectivity index is 1.21. The summed E-state index contributed by atoms with van der Waals surface area (Å²) in [6.07, 6.45) is 5.14. The largest absolute Gasteiger partial charge is 0.434 e. The van der Waals surface area contributed by atoms with E-state index in [9.17, 15) is 23.2 Å². The van der Waals surface area contributed by atoms with Gasteiger partial charge < -0.3 is 24.8 Å². The van der Waals surface area contributed by atoms with Gasteiger partial charge in [0.25, 0.3) is 17.4 Å². The third-order valence-corrected chi connectivity index (χ3v) is 6.53. The molecular formula is C27H25F2N9O4. The van der Waals surface area contributed by atoms with Gasteiger partial charge in [-0.15, -0.1) is 0 Å².